The molecule has 2 unspecified atom stereocenters. The van der Waals surface area contributed by atoms with E-state index in [0.717, 1.165) is 19.3 Å². The number of aliphatic carboxylic acids is 1. The number of rotatable bonds is 5. The van der Waals surface area contributed by atoms with Crippen LogP contribution in [0.3, 0.4) is 0 Å². The third kappa shape index (κ3) is 2.24. The number of ether oxygens (including phenoxy) is 1. The fraction of sp³-hybridized carbons (Fsp3) is 0.733. The predicted molar refractivity (Wildman–Crippen MR) is 71.9 cm³/mol. The molecule has 0 aliphatic heterocycles. The second kappa shape index (κ2) is 5.20. The van der Waals surface area contributed by atoms with Gasteiger partial charge in [-0.2, -0.15) is 0 Å². The zero-order valence-corrected chi connectivity index (χ0v) is 11.6. The van der Waals surface area contributed by atoms with Crippen LogP contribution in [0, 0.1) is 23.7 Å². The van der Waals surface area contributed by atoms with Crippen molar-refractivity contribution >= 4 is 11.9 Å². The van der Waals surface area contributed by atoms with Crippen LogP contribution < -0.4 is 5.32 Å². The van der Waals surface area contributed by atoms with E-state index < -0.39 is 17.8 Å². The fourth-order valence-corrected chi connectivity index (χ4v) is 3.87. The maximum absolute atomic E-state index is 12.4. The van der Waals surface area contributed by atoms with Crippen LogP contribution >= 0.6 is 0 Å². The van der Waals surface area contributed by atoms with Gasteiger partial charge >= 0.3 is 5.97 Å². The molecule has 0 spiro atoms. The zero-order valence-electron chi connectivity index (χ0n) is 11.6. The second-order valence-electron chi connectivity index (χ2n) is 6.09. The summed E-state index contributed by atoms with van der Waals surface area (Å²) in [4.78, 5) is 23.7. The Balaban J connectivity index is 1.57. The van der Waals surface area contributed by atoms with Crippen molar-refractivity contribution in [1.82, 2.24) is 5.32 Å². The van der Waals surface area contributed by atoms with Gasteiger partial charge in [-0.05, 0) is 38.0 Å². The van der Waals surface area contributed by atoms with Crippen LogP contribution in [0.5, 0.6) is 0 Å². The van der Waals surface area contributed by atoms with E-state index in [9.17, 15) is 14.7 Å². The molecule has 2 N–H and O–H groups in total. The molecule has 20 heavy (non-hydrogen) atoms. The van der Waals surface area contributed by atoms with Gasteiger partial charge in [-0.15, -0.1) is 0 Å². The molecule has 0 aromatic carbocycles. The number of carboxylic acids is 1. The molecule has 3 aliphatic carbocycles. The van der Waals surface area contributed by atoms with E-state index in [0.29, 0.717) is 6.61 Å². The molecular weight excluding hydrogens is 258 g/mol. The molecule has 0 heterocycles. The van der Waals surface area contributed by atoms with Gasteiger partial charge in [-0.25, -0.2) is 0 Å². The lowest BCUT2D eigenvalue weighted by Gasteiger charge is -2.37. The van der Waals surface area contributed by atoms with Crippen molar-refractivity contribution in [3.8, 4) is 0 Å². The van der Waals surface area contributed by atoms with Crippen LogP contribution in [0.1, 0.15) is 26.2 Å². The molecule has 0 aromatic heterocycles. The molecule has 1 amide bonds. The Labute approximate surface area is 118 Å². The summed E-state index contributed by atoms with van der Waals surface area (Å²) in [5.74, 6) is -1.74. The van der Waals surface area contributed by atoms with Gasteiger partial charge in [0.1, 0.15) is 0 Å². The Morgan fingerprint density at radius 3 is 2.45 bits per heavy atom. The van der Waals surface area contributed by atoms with Crippen LogP contribution in [-0.2, 0) is 14.3 Å². The van der Waals surface area contributed by atoms with Gasteiger partial charge in [0.25, 0.3) is 0 Å². The SMILES string of the molecule is CCOC1CC(NC(=O)[C@H]2C3C=CC(C3)[C@H]2C(=O)O)C1. The van der Waals surface area contributed by atoms with Gasteiger partial charge in [0, 0.05) is 12.6 Å². The van der Waals surface area contributed by atoms with Crippen molar-refractivity contribution in [2.24, 2.45) is 23.7 Å². The van der Waals surface area contributed by atoms with Gasteiger partial charge in [-0.3, -0.25) is 9.59 Å². The number of hydrogen-bond donors (Lipinski definition) is 2. The maximum Gasteiger partial charge on any atom is 0.307 e. The van der Waals surface area contributed by atoms with Gasteiger partial charge in [0.15, 0.2) is 0 Å². The third-order valence-corrected chi connectivity index (χ3v) is 4.89. The van der Waals surface area contributed by atoms with Crippen LogP contribution in [0.25, 0.3) is 0 Å². The van der Waals surface area contributed by atoms with Gasteiger partial charge in [0.2, 0.25) is 5.91 Å². The first-order valence-electron chi connectivity index (χ1n) is 7.43. The van der Waals surface area contributed by atoms with Crippen molar-refractivity contribution in [2.45, 2.75) is 38.3 Å². The molecule has 2 fully saturated rings. The summed E-state index contributed by atoms with van der Waals surface area (Å²) < 4.78 is 5.47. The van der Waals surface area contributed by atoms with Crippen LogP contribution in [0.15, 0.2) is 12.2 Å². The molecule has 0 saturated heterocycles. The number of carbonyl (C=O) groups is 2. The number of amides is 1. The lowest BCUT2D eigenvalue weighted by Crippen LogP contribution is -2.51. The number of carboxylic acid groups (broad SMARTS) is 1. The van der Waals surface area contributed by atoms with Crippen LogP contribution in [-0.4, -0.2) is 35.7 Å². The van der Waals surface area contributed by atoms with E-state index in [1.165, 1.54) is 0 Å². The third-order valence-electron chi connectivity index (χ3n) is 4.89. The highest BCUT2D eigenvalue weighted by molar-refractivity contribution is 5.87. The molecule has 5 heteroatoms. The smallest absolute Gasteiger partial charge is 0.307 e. The van der Waals surface area contributed by atoms with Crippen LogP contribution in [0.4, 0.5) is 0 Å². The summed E-state index contributed by atoms with van der Waals surface area (Å²) in [5, 5.41) is 12.3. The van der Waals surface area contributed by atoms with E-state index in [1.54, 1.807) is 0 Å². The molecule has 110 valence electrons. The predicted octanol–water partition coefficient (Wildman–Crippen LogP) is 1.19. The minimum atomic E-state index is -0.845. The average molecular weight is 279 g/mol. The monoisotopic (exact) mass is 279 g/mol. The summed E-state index contributed by atoms with van der Waals surface area (Å²) in [7, 11) is 0. The molecule has 0 aromatic rings. The maximum atomic E-state index is 12.4. The largest absolute Gasteiger partial charge is 0.481 e. The van der Waals surface area contributed by atoms with E-state index in [1.807, 2.05) is 19.1 Å². The molecule has 3 rings (SSSR count). The van der Waals surface area contributed by atoms with Crippen molar-refractivity contribution in [1.29, 1.82) is 0 Å². The molecule has 4 atom stereocenters. The van der Waals surface area contributed by atoms with Crippen LogP contribution in [0.2, 0.25) is 0 Å². The summed E-state index contributed by atoms with van der Waals surface area (Å²) in [5.41, 5.74) is 0. The quantitative estimate of drug-likeness (QED) is 0.741. The highest BCUT2D eigenvalue weighted by Crippen LogP contribution is 2.48. The van der Waals surface area contributed by atoms with Crippen molar-refractivity contribution in [3.63, 3.8) is 0 Å². The lowest BCUT2D eigenvalue weighted by atomic mass is 9.81. The number of allylic oxidation sites excluding steroid dienone is 2. The first kappa shape index (κ1) is 13.6. The molecule has 0 radical (unpaired) electrons. The number of nitrogens with one attached hydrogen (secondary N) is 1. The summed E-state index contributed by atoms with van der Waals surface area (Å²) in [6.45, 7) is 2.66. The van der Waals surface area contributed by atoms with E-state index in [4.69, 9.17) is 4.74 Å². The average Bonchev–Trinajstić information content (AvgIpc) is 2.95. The Morgan fingerprint density at radius 2 is 1.85 bits per heavy atom. The Bertz CT molecular complexity index is 441. The van der Waals surface area contributed by atoms with E-state index in [2.05, 4.69) is 5.32 Å². The lowest BCUT2D eigenvalue weighted by molar-refractivity contribution is -0.148. The highest BCUT2D eigenvalue weighted by Gasteiger charge is 2.52. The topological polar surface area (TPSA) is 75.6 Å². The number of fused-ring (bicyclic) bond motifs is 2. The standard InChI is InChI=1S/C15H21NO4/c1-2-20-11-6-10(7-11)16-14(17)12-8-3-4-9(5-8)13(12)15(18)19/h3-4,8-13H,2,5-7H2,1H3,(H,16,17)(H,18,19)/t8?,9?,10?,11?,12-,13+/m0/s1. The number of hydrogen-bond acceptors (Lipinski definition) is 3. The molecular formula is C15H21NO4. The summed E-state index contributed by atoms with van der Waals surface area (Å²) in [6.07, 6.45) is 6.71. The fourth-order valence-electron chi connectivity index (χ4n) is 3.87. The Kier molecular flexibility index (Phi) is 3.54. The minimum Gasteiger partial charge on any atom is -0.481 e. The van der Waals surface area contributed by atoms with Gasteiger partial charge in [0.05, 0.1) is 17.9 Å². The first-order chi connectivity index (χ1) is 9.60. The number of carbonyl (C=O) groups excluding carboxylic acids is 1. The normalized spacial score (nSPS) is 41.5. The van der Waals surface area contributed by atoms with Crippen molar-refractivity contribution in [3.05, 3.63) is 12.2 Å². The molecule has 3 aliphatic rings. The van der Waals surface area contributed by atoms with E-state index in [-0.39, 0.29) is 29.9 Å². The molecule has 2 saturated carbocycles. The summed E-state index contributed by atoms with van der Waals surface area (Å²) in [6, 6.07) is 0.150. The highest BCUT2D eigenvalue weighted by atomic mass is 16.5. The van der Waals surface area contributed by atoms with Crippen molar-refractivity contribution < 1.29 is 19.4 Å². The van der Waals surface area contributed by atoms with E-state index >= 15 is 0 Å². The molecule has 5 nitrogen and oxygen atoms in total. The summed E-state index contributed by atoms with van der Waals surface area (Å²) >= 11 is 0. The zero-order chi connectivity index (χ0) is 14.3. The van der Waals surface area contributed by atoms with Gasteiger partial charge < -0.3 is 15.2 Å². The Hall–Kier alpha value is -1.36. The first-order valence-corrected chi connectivity index (χ1v) is 7.43. The van der Waals surface area contributed by atoms with Crippen molar-refractivity contribution in [2.75, 3.05) is 6.61 Å². The molecule has 2 bridgehead atoms. The second-order valence-corrected chi connectivity index (χ2v) is 6.09. The van der Waals surface area contributed by atoms with Gasteiger partial charge in [-0.1, -0.05) is 12.2 Å². The Morgan fingerprint density at radius 1 is 1.20 bits per heavy atom. The minimum absolute atomic E-state index is 0.0332.